The Morgan fingerprint density at radius 1 is 1.00 bits per heavy atom. The molecule has 0 spiro atoms. The van der Waals surface area contributed by atoms with Gasteiger partial charge in [0.05, 0.1) is 24.4 Å². The Morgan fingerprint density at radius 3 is 2.64 bits per heavy atom. The van der Waals surface area contributed by atoms with Gasteiger partial charge in [0.1, 0.15) is 35.7 Å². The smallest absolute Gasteiger partial charge is 0.296 e. The summed E-state index contributed by atoms with van der Waals surface area (Å²) in [6.45, 7) is 2.42. The number of ether oxygens (including phenoxy) is 2. The number of hydrogen-bond acceptors (Lipinski definition) is 6. The third kappa shape index (κ3) is 4.79. The number of hydrogen-bond donors (Lipinski definition) is 1. The number of benzene rings is 3. The lowest BCUT2D eigenvalue weighted by molar-refractivity contribution is -0.140. The molecule has 1 saturated heterocycles. The predicted molar refractivity (Wildman–Crippen MR) is 144 cm³/mol. The van der Waals surface area contributed by atoms with Crippen LogP contribution in [0, 0.1) is 0 Å². The average Bonchev–Trinajstić information content (AvgIpc) is 3.66. The zero-order valence-electron chi connectivity index (χ0n) is 21.4. The van der Waals surface area contributed by atoms with E-state index in [-0.39, 0.29) is 24.0 Å². The minimum atomic E-state index is -0.834. The molecular weight excluding hydrogens is 494 g/mol. The zero-order chi connectivity index (χ0) is 26.9. The van der Waals surface area contributed by atoms with Crippen LogP contribution in [-0.4, -0.2) is 27.8 Å². The Kier molecular flexibility index (Phi) is 6.40. The molecular formula is C32H27NO6. The van der Waals surface area contributed by atoms with Gasteiger partial charge in [0.25, 0.3) is 11.7 Å². The highest BCUT2D eigenvalue weighted by molar-refractivity contribution is 6.46. The van der Waals surface area contributed by atoms with Crippen LogP contribution in [-0.2, 0) is 29.2 Å². The van der Waals surface area contributed by atoms with E-state index in [0.29, 0.717) is 35.7 Å². The van der Waals surface area contributed by atoms with Crippen molar-refractivity contribution in [2.24, 2.45) is 0 Å². The van der Waals surface area contributed by atoms with Crippen LogP contribution < -0.4 is 9.47 Å². The van der Waals surface area contributed by atoms with Gasteiger partial charge >= 0.3 is 0 Å². The van der Waals surface area contributed by atoms with E-state index in [1.807, 2.05) is 61.5 Å². The molecule has 0 bridgehead atoms. The maximum Gasteiger partial charge on any atom is 0.296 e. The van der Waals surface area contributed by atoms with Crippen molar-refractivity contribution in [2.45, 2.75) is 38.6 Å². The fourth-order valence-electron chi connectivity index (χ4n) is 5.20. The minimum Gasteiger partial charge on any atom is -0.507 e. The molecule has 2 aliphatic heterocycles. The summed E-state index contributed by atoms with van der Waals surface area (Å²) < 4.78 is 17.3. The van der Waals surface area contributed by atoms with Crippen molar-refractivity contribution in [1.82, 2.24) is 4.90 Å². The number of ketones is 1. The third-order valence-corrected chi connectivity index (χ3v) is 7.04. The summed E-state index contributed by atoms with van der Waals surface area (Å²) in [6.07, 6.45) is 2.26. The molecule has 3 heterocycles. The highest BCUT2D eigenvalue weighted by atomic mass is 16.5. The Labute approximate surface area is 225 Å². The fraction of sp³-hybridized carbons (Fsp3) is 0.188. The van der Waals surface area contributed by atoms with Crippen LogP contribution in [0.2, 0.25) is 0 Å². The topological polar surface area (TPSA) is 89.2 Å². The summed E-state index contributed by atoms with van der Waals surface area (Å²) in [5, 5.41) is 11.5. The molecule has 196 valence electrons. The molecule has 39 heavy (non-hydrogen) atoms. The molecule has 6 rings (SSSR count). The largest absolute Gasteiger partial charge is 0.507 e. The van der Waals surface area contributed by atoms with E-state index in [1.165, 1.54) is 11.2 Å². The second-order valence-electron chi connectivity index (χ2n) is 9.81. The molecule has 7 nitrogen and oxygen atoms in total. The van der Waals surface area contributed by atoms with E-state index < -0.39 is 17.7 Å². The van der Waals surface area contributed by atoms with Crippen molar-refractivity contribution in [3.63, 3.8) is 0 Å². The predicted octanol–water partition coefficient (Wildman–Crippen LogP) is 5.80. The first-order chi connectivity index (χ1) is 19.0. The van der Waals surface area contributed by atoms with Crippen molar-refractivity contribution in [2.75, 3.05) is 0 Å². The normalized spacial score (nSPS) is 19.7. The zero-order valence-corrected chi connectivity index (χ0v) is 21.4. The monoisotopic (exact) mass is 521 g/mol. The fourth-order valence-corrected chi connectivity index (χ4v) is 5.20. The van der Waals surface area contributed by atoms with E-state index >= 15 is 0 Å². The van der Waals surface area contributed by atoms with E-state index in [0.717, 1.165) is 16.9 Å². The number of carbonyl (C=O) groups excluding carboxylic acids is 2. The lowest BCUT2D eigenvalue weighted by Gasteiger charge is -2.25. The molecule has 1 fully saturated rings. The molecule has 2 aliphatic rings. The van der Waals surface area contributed by atoms with Gasteiger partial charge < -0.3 is 23.9 Å². The third-order valence-electron chi connectivity index (χ3n) is 7.04. The second-order valence-corrected chi connectivity index (χ2v) is 9.81. The van der Waals surface area contributed by atoms with Crippen molar-refractivity contribution >= 4 is 17.4 Å². The van der Waals surface area contributed by atoms with Crippen LogP contribution in [0.5, 0.6) is 11.5 Å². The van der Waals surface area contributed by atoms with Gasteiger partial charge in [-0.05, 0) is 66.1 Å². The summed E-state index contributed by atoms with van der Waals surface area (Å²) in [5.41, 5.74) is 3.10. The average molecular weight is 522 g/mol. The highest BCUT2D eigenvalue weighted by Gasteiger charge is 2.46. The lowest BCUT2D eigenvalue weighted by Crippen LogP contribution is -2.29. The number of aliphatic hydroxyl groups is 1. The van der Waals surface area contributed by atoms with Crippen molar-refractivity contribution < 1.29 is 28.6 Å². The Bertz CT molecular complexity index is 1560. The van der Waals surface area contributed by atoms with E-state index in [4.69, 9.17) is 13.9 Å². The molecule has 0 saturated carbocycles. The number of likely N-dealkylation sites (tertiary alicyclic amines) is 1. The summed E-state index contributed by atoms with van der Waals surface area (Å²) in [7, 11) is 0. The lowest BCUT2D eigenvalue weighted by atomic mass is 9.94. The molecule has 1 aromatic heterocycles. The van der Waals surface area contributed by atoms with E-state index in [1.54, 1.807) is 30.3 Å². The van der Waals surface area contributed by atoms with Gasteiger partial charge in [-0.2, -0.15) is 0 Å². The van der Waals surface area contributed by atoms with Crippen molar-refractivity contribution in [3.8, 4) is 11.5 Å². The number of aliphatic hydroxyl groups excluding tert-OH is 1. The molecule has 1 N–H and O–H groups in total. The number of fused-ring (bicyclic) bond motifs is 1. The van der Waals surface area contributed by atoms with Crippen LogP contribution in [0.15, 0.2) is 101 Å². The van der Waals surface area contributed by atoms with Crippen LogP contribution in [0.3, 0.4) is 0 Å². The van der Waals surface area contributed by atoms with Crippen LogP contribution in [0.25, 0.3) is 5.76 Å². The quantitative estimate of drug-likeness (QED) is 0.188. The molecule has 0 aliphatic carbocycles. The minimum absolute atomic E-state index is 0.0266. The number of rotatable bonds is 7. The molecule has 7 heteroatoms. The van der Waals surface area contributed by atoms with Crippen LogP contribution in [0.4, 0.5) is 0 Å². The van der Waals surface area contributed by atoms with Gasteiger partial charge in [0.2, 0.25) is 0 Å². The first-order valence-corrected chi connectivity index (χ1v) is 12.9. The van der Waals surface area contributed by atoms with Crippen molar-refractivity contribution in [3.05, 3.63) is 125 Å². The van der Waals surface area contributed by atoms with Gasteiger partial charge in [-0.3, -0.25) is 9.59 Å². The van der Waals surface area contributed by atoms with E-state index in [2.05, 4.69) is 0 Å². The maximum atomic E-state index is 13.4. The highest BCUT2D eigenvalue weighted by Crippen LogP contribution is 2.42. The number of nitrogens with zero attached hydrogens (tertiary/aromatic N) is 1. The Hall–Kier alpha value is -4.78. The summed E-state index contributed by atoms with van der Waals surface area (Å²) >= 11 is 0. The van der Waals surface area contributed by atoms with E-state index in [9.17, 15) is 14.7 Å². The molecule has 1 amide bonds. The Balaban J connectivity index is 1.40. The second kappa shape index (κ2) is 10.2. The standard InChI is InChI=1S/C32H27NO6/c1-20-15-24-16-23(12-13-27(24)39-20)30(34)28-29(33(32(36)31(28)35)18-26-11-6-14-37-26)22-9-5-10-25(17-22)38-19-21-7-3-2-4-8-21/h2-14,16-17,20,29,34H,15,18-19H2,1H3/b30-28+/t20-,29-/m0/s1. The van der Waals surface area contributed by atoms with Crippen LogP contribution in [0.1, 0.15) is 41.0 Å². The number of furan rings is 1. The molecule has 3 aromatic carbocycles. The van der Waals surface area contributed by atoms with Crippen LogP contribution >= 0.6 is 0 Å². The first kappa shape index (κ1) is 24.6. The first-order valence-electron chi connectivity index (χ1n) is 12.9. The number of amides is 1. The SMILES string of the molecule is C[C@H]1Cc2cc(/C(O)=C3\C(=O)C(=O)N(Cc4ccco4)[C@H]3c3cccc(OCc4ccccc4)c3)ccc2O1. The maximum absolute atomic E-state index is 13.4. The molecule has 0 radical (unpaired) electrons. The molecule has 4 aromatic rings. The summed E-state index contributed by atoms with van der Waals surface area (Å²) in [6, 6.07) is 25.0. The van der Waals surface area contributed by atoms with Gasteiger partial charge in [-0.1, -0.05) is 42.5 Å². The van der Waals surface area contributed by atoms with Gasteiger partial charge in [0, 0.05) is 12.0 Å². The van der Waals surface area contributed by atoms with Gasteiger partial charge in [-0.25, -0.2) is 0 Å². The van der Waals surface area contributed by atoms with Crippen molar-refractivity contribution in [1.29, 1.82) is 0 Å². The van der Waals surface area contributed by atoms with Gasteiger partial charge in [0.15, 0.2) is 0 Å². The summed E-state index contributed by atoms with van der Waals surface area (Å²) in [4.78, 5) is 28.2. The number of carbonyl (C=O) groups is 2. The number of Topliss-reactive ketones (excluding diaryl/α,β-unsaturated/α-hetero) is 1. The summed E-state index contributed by atoms with van der Waals surface area (Å²) in [5.74, 6) is 0.206. The molecule has 2 atom stereocenters. The van der Waals surface area contributed by atoms with Gasteiger partial charge in [-0.15, -0.1) is 0 Å². The molecule has 0 unspecified atom stereocenters. The Morgan fingerprint density at radius 2 is 1.85 bits per heavy atom.